The minimum absolute atomic E-state index is 0.0439. The van der Waals surface area contributed by atoms with E-state index in [9.17, 15) is 9.59 Å². The number of aromatic nitrogens is 2. The molecular weight excluding hydrogens is 468 g/mol. The fourth-order valence-electron chi connectivity index (χ4n) is 3.70. The van der Waals surface area contributed by atoms with Crippen molar-refractivity contribution in [2.24, 2.45) is 4.99 Å². The van der Waals surface area contributed by atoms with Crippen LogP contribution in [0.1, 0.15) is 45.6 Å². The van der Waals surface area contributed by atoms with E-state index in [0.29, 0.717) is 58.9 Å². The van der Waals surface area contributed by atoms with Crippen molar-refractivity contribution in [1.82, 2.24) is 25.7 Å². The summed E-state index contributed by atoms with van der Waals surface area (Å²) in [5.41, 5.74) is 2.67. The Morgan fingerprint density at radius 1 is 1.34 bits per heavy atom. The van der Waals surface area contributed by atoms with E-state index in [1.807, 2.05) is 39.0 Å². The molecule has 0 spiro atoms. The van der Waals surface area contributed by atoms with Crippen LogP contribution in [0, 0.1) is 6.92 Å². The average Bonchev–Trinajstić information content (AvgIpc) is 3.25. The Morgan fingerprint density at radius 2 is 2.11 bits per heavy atom. The van der Waals surface area contributed by atoms with Crippen LogP contribution < -0.4 is 10.6 Å². The van der Waals surface area contributed by atoms with Gasteiger partial charge in [0.25, 0.3) is 5.91 Å². The Bertz CT molecular complexity index is 1180. The van der Waals surface area contributed by atoms with E-state index in [2.05, 4.69) is 20.8 Å². The van der Waals surface area contributed by atoms with Crippen molar-refractivity contribution < 1.29 is 14.1 Å². The lowest BCUT2D eigenvalue weighted by Crippen LogP contribution is -2.42. The summed E-state index contributed by atoms with van der Waals surface area (Å²) in [6.07, 6.45) is 4.33. The maximum Gasteiger partial charge on any atom is 0.260 e. The summed E-state index contributed by atoms with van der Waals surface area (Å²) < 4.78 is 5.05. The molecule has 1 aromatic carbocycles. The zero-order valence-corrected chi connectivity index (χ0v) is 21.4. The molecule has 1 aromatic heterocycles. The van der Waals surface area contributed by atoms with Gasteiger partial charge in [-0.05, 0) is 45.9 Å². The van der Waals surface area contributed by atoms with Gasteiger partial charge in [-0.2, -0.15) is 4.98 Å². The number of nitrogens with one attached hydrogen (secondary N) is 2. The van der Waals surface area contributed by atoms with Crippen LogP contribution in [0.3, 0.4) is 0 Å². The highest BCUT2D eigenvalue weighted by atomic mass is 35.5. The minimum Gasteiger partial charge on any atom is -0.356 e. The molecule has 186 valence electrons. The number of aryl methyl sites for hydroxylation is 1. The van der Waals surface area contributed by atoms with Crippen molar-refractivity contribution in [3.8, 4) is 11.4 Å². The summed E-state index contributed by atoms with van der Waals surface area (Å²) in [6, 6.07) is 5.36. The molecule has 2 N–H and O–H groups in total. The van der Waals surface area contributed by atoms with Gasteiger partial charge in [-0.1, -0.05) is 35.0 Å². The number of carbonyl (C=O) groups excluding carboxylic acids is 2. The first-order chi connectivity index (χ1) is 16.7. The maximum absolute atomic E-state index is 13.5. The second-order valence-corrected chi connectivity index (χ2v) is 8.51. The van der Waals surface area contributed by atoms with E-state index in [-0.39, 0.29) is 18.0 Å². The molecule has 0 aliphatic carbocycles. The largest absolute Gasteiger partial charge is 0.356 e. The quantitative estimate of drug-likeness (QED) is 0.509. The molecule has 0 fully saturated rings. The summed E-state index contributed by atoms with van der Waals surface area (Å²) in [7, 11) is 0. The molecule has 0 radical (unpaired) electrons. The lowest BCUT2D eigenvalue weighted by molar-refractivity contribution is -0.121. The zero-order chi connectivity index (χ0) is 25.5. The van der Waals surface area contributed by atoms with Gasteiger partial charge in [0.2, 0.25) is 17.6 Å². The van der Waals surface area contributed by atoms with Crippen molar-refractivity contribution in [2.75, 3.05) is 19.6 Å². The third-order valence-corrected chi connectivity index (χ3v) is 5.76. The Balaban J connectivity index is 1.84. The smallest absolute Gasteiger partial charge is 0.260 e. The van der Waals surface area contributed by atoms with Crippen molar-refractivity contribution in [3.05, 3.63) is 52.4 Å². The van der Waals surface area contributed by atoms with Crippen LogP contribution in [0.25, 0.3) is 17.0 Å². The number of nitrogens with zero attached hydrogens (tertiary/aromatic N) is 4. The van der Waals surface area contributed by atoms with Gasteiger partial charge in [-0.15, -0.1) is 0 Å². The van der Waals surface area contributed by atoms with Gasteiger partial charge in [0.1, 0.15) is 5.84 Å². The lowest BCUT2D eigenvalue weighted by Gasteiger charge is -2.30. The zero-order valence-electron chi connectivity index (χ0n) is 20.7. The fourth-order valence-corrected chi connectivity index (χ4v) is 3.99. The van der Waals surface area contributed by atoms with Crippen LogP contribution in [0.5, 0.6) is 0 Å². The molecule has 2 amide bonds. The number of amides is 2. The number of rotatable bonds is 9. The second kappa shape index (κ2) is 11.9. The van der Waals surface area contributed by atoms with Crippen LogP contribution in [0.2, 0.25) is 5.02 Å². The SMILES string of the molecule is C/C=C1/C=C(c2ccc(-c3noc(C)n3)cc2Cl)C(=O)N(CC)/C1=N/C(C)NCCCNC(C)=O. The Labute approximate surface area is 210 Å². The van der Waals surface area contributed by atoms with Gasteiger partial charge in [-0.25, -0.2) is 4.99 Å². The van der Waals surface area contributed by atoms with Crippen molar-refractivity contribution in [1.29, 1.82) is 0 Å². The monoisotopic (exact) mass is 498 g/mol. The van der Waals surface area contributed by atoms with Crippen molar-refractivity contribution in [2.45, 2.75) is 47.2 Å². The summed E-state index contributed by atoms with van der Waals surface area (Å²) in [5, 5.41) is 10.4. The molecule has 35 heavy (non-hydrogen) atoms. The first-order valence-electron chi connectivity index (χ1n) is 11.6. The summed E-state index contributed by atoms with van der Waals surface area (Å²) >= 11 is 6.61. The van der Waals surface area contributed by atoms with Crippen molar-refractivity contribution in [3.63, 3.8) is 0 Å². The predicted octanol–water partition coefficient (Wildman–Crippen LogP) is 3.75. The molecule has 0 bridgehead atoms. The number of hydrogen-bond donors (Lipinski definition) is 2. The van der Waals surface area contributed by atoms with E-state index in [1.54, 1.807) is 24.0 Å². The van der Waals surface area contributed by atoms with Gasteiger partial charge in [0.15, 0.2) is 0 Å². The standard InChI is InChI=1S/C25H31ClN6O3/c1-6-18-13-21(20-10-9-19(14-22(20)26)23-30-17(5)35-31-23)25(34)32(7-2)24(18)29-15(3)27-11-8-12-28-16(4)33/h6,9-10,13-15,27H,7-8,11-12H2,1-5H3,(H,28,33)/b18-6-,29-24+. The molecular formula is C25H31ClN6O3. The molecule has 1 unspecified atom stereocenters. The average molecular weight is 499 g/mol. The number of benzene rings is 1. The summed E-state index contributed by atoms with van der Waals surface area (Å²) in [6.45, 7) is 10.7. The Hall–Kier alpha value is -3.30. The molecule has 9 nitrogen and oxygen atoms in total. The van der Waals surface area contributed by atoms with Crippen LogP contribution >= 0.6 is 11.6 Å². The predicted molar refractivity (Wildman–Crippen MR) is 137 cm³/mol. The van der Waals surface area contributed by atoms with Crippen LogP contribution in [-0.4, -0.2) is 58.5 Å². The van der Waals surface area contributed by atoms with E-state index in [4.69, 9.17) is 21.1 Å². The number of likely N-dealkylation sites (N-methyl/N-ethyl adjacent to an activating group) is 1. The highest BCUT2D eigenvalue weighted by Crippen LogP contribution is 2.33. The molecule has 10 heteroatoms. The van der Waals surface area contributed by atoms with Crippen molar-refractivity contribution >= 4 is 34.8 Å². The lowest BCUT2D eigenvalue weighted by atomic mass is 9.95. The third-order valence-electron chi connectivity index (χ3n) is 5.44. The number of hydrogen-bond acceptors (Lipinski definition) is 7. The molecule has 0 saturated carbocycles. The van der Waals surface area contributed by atoms with Gasteiger partial charge in [0.05, 0.1) is 6.17 Å². The van der Waals surface area contributed by atoms with Gasteiger partial charge in [-0.3, -0.25) is 19.8 Å². The van der Waals surface area contributed by atoms with E-state index < -0.39 is 0 Å². The normalized spacial score (nSPS) is 17.1. The Morgan fingerprint density at radius 3 is 2.71 bits per heavy atom. The van der Waals surface area contributed by atoms with E-state index >= 15 is 0 Å². The van der Waals surface area contributed by atoms with Gasteiger partial charge in [0, 0.05) is 54.2 Å². The molecule has 0 saturated heterocycles. The minimum atomic E-state index is -0.213. The number of amidine groups is 1. The fraction of sp³-hybridized carbons (Fsp3) is 0.400. The number of carbonyl (C=O) groups is 2. The third kappa shape index (κ3) is 6.43. The topological polar surface area (TPSA) is 113 Å². The van der Waals surface area contributed by atoms with E-state index in [1.165, 1.54) is 6.92 Å². The van der Waals surface area contributed by atoms with Crippen LogP contribution in [0.4, 0.5) is 0 Å². The van der Waals surface area contributed by atoms with Crippen LogP contribution in [-0.2, 0) is 9.59 Å². The highest BCUT2D eigenvalue weighted by Gasteiger charge is 2.31. The number of allylic oxidation sites excluding steroid dienone is 1. The molecule has 2 heterocycles. The molecule has 3 rings (SSSR count). The van der Waals surface area contributed by atoms with Gasteiger partial charge >= 0.3 is 0 Å². The molecule has 1 aliphatic heterocycles. The Kier molecular flexibility index (Phi) is 8.95. The molecule has 1 atom stereocenters. The molecule has 2 aromatic rings. The van der Waals surface area contributed by atoms with Crippen LogP contribution in [0.15, 0.2) is 45.4 Å². The second-order valence-electron chi connectivity index (χ2n) is 8.10. The summed E-state index contributed by atoms with van der Waals surface area (Å²) in [5.74, 6) is 1.31. The first kappa shape index (κ1) is 26.3. The molecule has 1 aliphatic rings. The maximum atomic E-state index is 13.5. The number of aliphatic imine (C=N–C) groups is 1. The summed E-state index contributed by atoms with van der Waals surface area (Å²) in [4.78, 5) is 35.1. The first-order valence-corrected chi connectivity index (χ1v) is 12.0. The van der Waals surface area contributed by atoms with E-state index in [0.717, 1.165) is 12.0 Å². The van der Waals surface area contributed by atoms with Gasteiger partial charge < -0.3 is 9.84 Å². The number of halogens is 1. The highest BCUT2D eigenvalue weighted by molar-refractivity contribution is 6.37.